The van der Waals surface area contributed by atoms with Gasteiger partial charge in [-0.05, 0) is 31.2 Å². The Morgan fingerprint density at radius 2 is 2.12 bits per heavy atom. The first-order valence-electron chi connectivity index (χ1n) is 6.76. The number of ether oxygens (including phenoxy) is 1. The molecular formula is C13H28N2O2. The second-order valence-electron chi connectivity index (χ2n) is 5.23. The van der Waals surface area contributed by atoms with Crippen molar-refractivity contribution in [2.45, 2.75) is 32.2 Å². The molecule has 3 N–H and O–H groups in total. The summed E-state index contributed by atoms with van der Waals surface area (Å²) in [7, 11) is 1.72. The van der Waals surface area contributed by atoms with E-state index in [0.717, 1.165) is 32.2 Å². The quantitative estimate of drug-likeness (QED) is 0.692. The molecule has 0 aromatic rings. The van der Waals surface area contributed by atoms with Gasteiger partial charge in [-0.2, -0.15) is 0 Å². The molecule has 0 aliphatic heterocycles. The van der Waals surface area contributed by atoms with Crippen molar-refractivity contribution in [1.29, 1.82) is 0 Å². The molecule has 1 rings (SSSR count). The predicted molar refractivity (Wildman–Crippen MR) is 69.9 cm³/mol. The molecule has 1 fully saturated rings. The highest BCUT2D eigenvalue weighted by Gasteiger charge is 2.31. The Kier molecular flexibility index (Phi) is 7.04. The lowest BCUT2D eigenvalue weighted by Crippen LogP contribution is -2.48. The predicted octanol–water partition coefficient (Wildman–Crippen LogP) is 0.691. The van der Waals surface area contributed by atoms with E-state index in [0.29, 0.717) is 12.0 Å². The lowest BCUT2D eigenvalue weighted by molar-refractivity contribution is 0.0473. The molecule has 0 amide bonds. The highest BCUT2D eigenvalue weighted by Crippen LogP contribution is 2.31. The van der Waals surface area contributed by atoms with Crippen molar-refractivity contribution in [1.82, 2.24) is 4.90 Å². The maximum Gasteiger partial charge on any atom is 0.0589 e. The SMILES string of the molecule is COCCN(CCO)C1CC(C)CCC1CN. The summed E-state index contributed by atoms with van der Waals surface area (Å²) in [5.41, 5.74) is 5.88. The third-order valence-corrected chi connectivity index (χ3v) is 3.96. The molecule has 0 aromatic heterocycles. The Morgan fingerprint density at radius 1 is 1.35 bits per heavy atom. The number of nitrogens with zero attached hydrogens (tertiary/aromatic N) is 1. The Hall–Kier alpha value is -0.160. The average Bonchev–Trinajstić information content (AvgIpc) is 2.34. The molecular weight excluding hydrogens is 216 g/mol. The monoisotopic (exact) mass is 244 g/mol. The summed E-state index contributed by atoms with van der Waals surface area (Å²) in [5.74, 6) is 1.35. The Balaban J connectivity index is 2.59. The van der Waals surface area contributed by atoms with Gasteiger partial charge in [0.1, 0.15) is 0 Å². The normalized spacial score (nSPS) is 29.8. The molecule has 3 atom stereocenters. The number of hydrogen-bond donors (Lipinski definition) is 2. The van der Waals surface area contributed by atoms with Crippen LogP contribution in [-0.2, 0) is 4.74 Å². The summed E-state index contributed by atoms with van der Waals surface area (Å²) < 4.78 is 5.15. The van der Waals surface area contributed by atoms with E-state index in [1.165, 1.54) is 19.3 Å². The van der Waals surface area contributed by atoms with Crippen LogP contribution in [0.1, 0.15) is 26.2 Å². The first-order valence-corrected chi connectivity index (χ1v) is 6.76. The van der Waals surface area contributed by atoms with Crippen LogP contribution in [0, 0.1) is 11.8 Å². The largest absolute Gasteiger partial charge is 0.395 e. The average molecular weight is 244 g/mol. The van der Waals surface area contributed by atoms with E-state index < -0.39 is 0 Å². The first kappa shape index (κ1) is 14.9. The van der Waals surface area contributed by atoms with Crippen molar-refractivity contribution in [3.8, 4) is 0 Å². The van der Waals surface area contributed by atoms with Gasteiger partial charge in [-0.25, -0.2) is 0 Å². The van der Waals surface area contributed by atoms with E-state index in [1.54, 1.807) is 7.11 Å². The topological polar surface area (TPSA) is 58.7 Å². The lowest BCUT2D eigenvalue weighted by Gasteiger charge is -2.41. The molecule has 0 aromatic carbocycles. The number of aliphatic hydroxyl groups is 1. The molecule has 4 nitrogen and oxygen atoms in total. The van der Waals surface area contributed by atoms with E-state index in [1.807, 2.05) is 0 Å². The standard InChI is InChI=1S/C13H28N2O2/c1-11-3-4-12(10-14)13(9-11)15(5-7-16)6-8-17-2/h11-13,16H,3-10,14H2,1-2H3. The molecule has 0 spiro atoms. The minimum Gasteiger partial charge on any atom is -0.395 e. The third-order valence-electron chi connectivity index (χ3n) is 3.96. The van der Waals surface area contributed by atoms with Crippen molar-refractivity contribution in [3.63, 3.8) is 0 Å². The molecule has 0 saturated heterocycles. The van der Waals surface area contributed by atoms with Gasteiger partial charge in [0.05, 0.1) is 13.2 Å². The molecule has 17 heavy (non-hydrogen) atoms. The zero-order chi connectivity index (χ0) is 12.7. The molecule has 1 aliphatic carbocycles. The maximum atomic E-state index is 9.18. The van der Waals surface area contributed by atoms with Gasteiger partial charge in [-0.1, -0.05) is 13.3 Å². The van der Waals surface area contributed by atoms with Gasteiger partial charge in [0.2, 0.25) is 0 Å². The van der Waals surface area contributed by atoms with Gasteiger partial charge in [0, 0.05) is 26.2 Å². The molecule has 3 unspecified atom stereocenters. The van der Waals surface area contributed by atoms with Crippen LogP contribution >= 0.6 is 0 Å². The summed E-state index contributed by atoms with van der Waals surface area (Å²) in [6, 6.07) is 0.519. The maximum absolute atomic E-state index is 9.18. The van der Waals surface area contributed by atoms with Gasteiger partial charge in [-0.15, -0.1) is 0 Å². The smallest absolute Gasteiger partial charge is 0.0589 e. The van der Waals surface area contributed by atoms with E-state index in [9.17, 15) is 5.11 Å². The fraction of sp³-hybridized carbons (Fsp3) is 1.00. The Bertz CT molecular complexity index is 202. The van der Waals surface area contributed by atoms with Gasteiger partial charge in [0.25, 0.3) is 0 Å². The number of methoxy groups -OCH3 is 1. The summed E-state index contributed by atoms with van der Waals surface area (Å²) >= 11 is 0. The van der Waals surface area contributed by atoms with Crippen LogP contribution in [0.25, 0.3) is 0 Å². The van der Waals surface area contributed by atoms with Crippen LogP contribution in [0.3, 0.4) is 0 Å². The first-order chi connectivity index (χ1) is 8.22. The highest BCUT2D eigenvalue weighted by molar-refractivity contribution is 4.86. The fourth-order valence-corrected chi connectivity index (χ4v) is 2.92. The number of aliphatic hydroxyl groups excluding tert-OH is 1. The van der Waals surface area contributed by atoms with Crippen molar-refractivity contribution in [2.75, 3.05) is 40.0 Å². The highest BCUT2D eigenvalue weighted by atomic mass is 16.5. The minimum atomic E-state index is 0.214. The summed E-state index contributed by atoms with van der Waals surface area (Å²) in [5, 5.41) is 9.18. The van der Waals surface area contributed by atoms with Crippen LogP contribution in [0.5, 0.6) is 0 Å². The molecule has 0 radical (unpaired) electrons. The number of hydrogen-bond acceptors (Lipinski definition) is 4. The van der Waals surface area contributed by atoms with E-state index in [2.05, 4.69) is 11.8 Å². The van der Waals surface area contributed by atoms with Gasteiger partial charge < -0.3 is 15.6 Å². The van der Waals surface area contributed by atoms with Crippen molar-refractivity contribution >= 4 is 0 Å². The minimum absolute atomic E-state index is 0.214. The molecule has 1 saturated carbocycles. The van der Waals surface area contributed by atoms with Crippen LogP contribution in [0.2, 0.25) is 0 Å². The van der Waals surface area contributed by atoms with Crippen LogP contribution < -0.4 is 5.73 Å². The van der Waals surface area contributed by atoms with E-state index >= 15 is 0 Å². The van der Waals surface area contributed by atoms with E-state index in [-0.39, 0.29) is 6.61 Å². The fourth-order valence-electron chi connectivity index (χ4n) is 2.92. The zero-order valence-corrected chi connectivity index (χ0v) is 11.3. The number of rotatable bonds is 7. The summed E-state index contributed by atoms with van der Waals surface area (Å²) in [4.78, 5) is 2.36. The second kappa shape index (κ2) is 8.03. The zero-order valence-electron chi connectivity index (χ0n) is 11.3. The molecule has 102 valence electrons. The second-order valence-corrected chi connectivity index (χ2v) is 5.23. The molecule has 1 aliphatic rings. The Morgan fingerprint density at radius 3 is 2.71 bits per heavy atom. The Labute approximate surface area is 105 Å². The third kappa shape index (κ3) is 4.54. The van der Waals surface area contributed by atoms with Crippen molar-refractivity contribution in [3.05, 3.63) is 0 Å². The molecule has 4 heteroatoms. The van der Waals surface area contributed by atoms with Crippen LogP contribution in [0.15, 0.2) is 0 Å². The van der Waals surface area contributed by atoms with Gasteiger partial charge in [-0.3, -0.25) is 4.90 Å². The van der Waals surface area contributed by atoms with Gasteiger partial charge >= 0.3 is 0 Å². The van der Waals surface area contributed by atoms with Crippen molar-refractivity contribution in [2.24, 2.45) is 17.6 Å². The van der Waals surface area contributed by atoms with Crippen LogP contribution in [-0.4, -0.2) is 56.0 Å². The van der Waals surface area contributed by atoms with E-state index in [4.69, 9.17) is 10.5 Å². The molecule has 0 heterocycles. The number of nitrogens with two attached hydrogens (primary N) is 1. The van der Waals surface area contributed by atoms with Gasteiger partial charge in [0.15, 0.2) is 0 Å². The molecule has 0 bridgehead atoms. The lowest BCUT2D eigenvalue weighted by atomic mass is 9.78. The summed E-state index contributed by atoms with van der Waals surface area (Å²) in [6.07, 6.45) is 3.71. The van der Waals surface area contributed by atoms with Crippen molar-refractivity contribution < 1.29 is 9.84 Å². The van der Waals surface area contributed by atoms with Crippen LogP contribution in [0.4, 0.5) is 0 Å². The summed E-state index contributed by atoms with van der Waals surface area (Å²) in [6.45, 7) is 5.63.